The first-order chi connectivity index (χ1) is 10.6. The Balaban J connectivity index is 1.97. The molecule has 3 nitrogen and oxygen atoms in total. The van der Waals surface area contributed by atoms with Crippen molar-refractivity contribution in [1.29, 1.82) is 0 Å². The zero-order valence-corrected chi connectivity index (χ0v) is 13.5. The van der Waals surface area contributed by atoms with Gasteiger partial charge in [-0.3, -0.25) is 4.79 Å². The maximum Gasteiger partial charge on any atom is 0.260 e. The summed E-state index contributed by atoms with van der Waals surface area (Å²) in [7, 11) is 0. The van der Waals surface area contributed by atoms with Gasteiger partial charge in [-0.25, -0.2) is 0 Å². The third-order valence-corrected chi connectivity index (χ3v) is 3.72. The number of ether oxygens (including phenoxy) is 1. The second-order valence-electron chi connectivity index (χ2n) is 5.25. The number of hydrogen-bond donors (Lipinski definition) is 0. The molecule has 116 valence electrons. The van der Waals surface area contributed by atoms with E-state index in [1.807, 2.05) is 38.1 Å². The predicted molar refractivity (Wildman–Crippen MR) is 90.0 cm³/mol. The number of amides is 1. The summed E-state index contributed by atoms with van der Waals surface area (Å²) >= 11 is 0. The Labute approximate surface area is 132 Å². The van der Waals surface area contributed by atoms with Gasteiger partial charge in [-0.2, -0.15) is 0 Å². The number of benzene rings is 2. The van der Waals surface area contributed by atoms with Gasteiger partial charge in [0.2, 0.25) is 0 Å². The highest BCUT2D eigenvalue weighted by molar-refractivity contribution is 5.77. The Hall–Kier alpha value is -2.29. The highest BCUT2D eigenvalue weighted by Crippen LogP contribution is 2.22. The molecule has 0 unspecified atom stereocenters. The number of likely N-dealkylation sites (N-methyl/N-ethyl adjacent to an activating group) is 1. The van der Waals surface area contributed by atoms with Crippen LogP contribution in [0.1, 0.15) is 19.4 Å². The van der Waals surface area contributed by atoms with Gasteiger partial charge in [0.15, 0.2) is 6.61 Å². The monoisotopic (exact) mass is 297 g/mol. The van der Waals surface area contributed by atoms with Gasteiger partial charge >= 0.3 is 0 Å². The van der Waals surface area contributed by atoms with E-state index >= 15 is 0 Å². The fourth-order valence-corrected chi connectivity index (χ4v) is 2.30. The molecule has 22 heavy (non-hydrogen) atoms. The highest BCUT2D eigenvalue weighted by atomic mass is 16.5. The van der Waals surface area contributed by atoms with Crippen molar-refractivity contribution in [3.8, 4) is 16.9 Å². The third kappa shape index (κ3) is 4.10. The zero-order chi connectivity index (χ0) is 15.9. The molecule has 0 aliphatic carbocycles. The van der Waals surface area contributed by atoms with Crippen LogP contribution >= 0.6 is 0 Å². The first-order valence-electron chi connectivity index (χ1n) is 7.71. The van der Waals surface area contributed by atoms with Crippen molar-refractivity contribution in [2.45, 2.75) is 20.8 Å². The van der Waals surface area contributed by atoms with Crippen molar-refractivity contribution in [3.05, 3.63) is 54.1 Å². The van der Waals surface area contributed by atoms with Crippen LogP contribution in [0.4, 0.5) is 0 Å². The molecular weight excluding hydrogens is 274 g/mol. The number of hydrogen-bond acceptors (Lipinski definition) is 2. The minimum absolute atomic E-state index is 0.0209. The van der Waals surface area contributed by atoms with Crippen molar-refractivity contribution in [1.82, 2.24) is 4.90 Å². The summed E-state index contributed by atoms with van der Waals surface area (Å²) in [5, 5.41) is 0. The molecule has 0 saturated carbocycles. The molecule has 1 amide bonds. The Morgan fingerprint density at radius 1 is 0.909 bits per heavy atom. The van der Waals surface area contributed by atoms with Crippen molar-refractivity contribution >= 4 is 5.91 Å². The van der Waals surface area contributed by atoms with Crippen LogP contribution in [-0.2, 0) is 4.79 Å². The Bertz CT molecular complexity index is 598. The minimum Gasteiger partial charge on any atom is -0.484 e. The fraction of sp³-hybridized carbons (Fsp3) is 0.316. The number of aryl methyl sites for hydroxylation is 1. The number of nitrogens with zero attached hydrogens (tertiary/aromatic N) is 1. The van der Waals surface area contributed by atoms with Crippen molar-refractivity contribution < 1.29 is 9.53 Å². The normalized spacial score (nSPS) is 10.3. The van der Waals surface area contributed by atoms with Crippen LogP contribution in [0.3, 0.4) is 0 Å². The van der Waals surface area contributed by atoms with Crippen LogP contribution < -0.4 is 4.74 Å². The quantitative estimate of drug-likeness (QED) is 0.809. The molecule has 0 N–H and O–H groups in total. The van der Waals surface area contributed by atoms with Gasteiger partial charge < -0.3 is 9.64 Å². The third-order valence-electron chi connectivity index (χ3n) is 3.72. The second-order valence-corrected chi connectivity index (χ2v) is 5.25. The van der Waals surface area contributed by atoms with Crippen LogP contribution in [0.2, 0.25) is 0 Å². The zero-order valence-electron chi connectivity index (χ0n) is 13.5. The van der Waals surface area contributed by atoms with E-state index in [1.165, 1.54) is 11.1 Å². The van der Waals surface area contributed by atoms with Gasteiger partial charge in [-0.15, -0.1) is 0 Å². The lowest BCUT2D eigenvalue weighted by Crippen LogP contribution is -2.34. The van der Waals surface area contributed by atoms with E-state index in [0.717, 1.165) is 11.3 Å². The van der Waals surface area contributed by atoms with Crippen LogP contribution in [-0.4, -0.2) is 30.5 Å². The molecule has 0 saturated heterocycles. The SMILES string of the molecule is CCN(CC)C(=O)COc1ccc(-c2ccc(C)cc2)cc1. The lowest BCUT2D eigenvalue weighted by molar-refractivity contribution is -0.132. The summed E-state index contributed by atoms with van der Waals surface area (Å²) in [5.74, 6) is 0.740. The Morgan fingerprint density at radius 2 is 1.41 bits per heavy atom. The standard InChI is InChI=1S/C19H23NO2/c1-4-20(5-2)19(21)14-22-18-12-10-17(11-13-18)16-8-6-15(3)7-9-16/h6-13H,4-5,14H2,1-3H3. The highest BCUT2D eigenvalue weighted by Gasteiger charge is 2.10. The van der Waals surface area contributed by atoms with Gasteiger partial charge in [0.05, 0.1) is 0 Å². The van der Waals surface area contributed by atoms with E-state index in [4.69, 9.17) is 4.74 Å². The van der Waals surface area contributed by atoms with Gasteiger partial charge in [0, 0.05) is 13.1 Å². The van der Waals surface area contributed by atoms with Gasteiger partial charge in [-0.05, 0) is 44.0 Å². The maximum absolute atomic E-state index is 11.9. The van der Waals surface area contributed by atoms with E-state index in [-0.39, 0.29) is 12.5 Å². The van der Waals surface area contributed by atoms with Crippen molar-refractivity contribution in [3.63, 3.8) is 0 Å². The molecule has 2 aromatic carbocycles. The van der Waals surface area contributed by atoms with E-state index in [1.54, 1.807) is 4.90 Å². The maximum atomic E-state index is 11.9. The van der Waals surface area contributed by atoms with Crippen molar-refractivity contribution in [2.75, 3.05) is 19.7 Å². The molecule has 0 heterocycles. The van der Waals surface area contributed by atoms with E-state index in [9.17, 15) is 4.79 Å². The van der Waals surface area contributed by atoms with Gasteiger partial charge in [-0.1, -0.05) is 42.0 Å². The molecule has 0 spiro atoms. The fourth-order valence-electron chi connectivity index (χ4n) is 2.30. The lowest BCUT2D eigenvalue weighted by Gasteiger charge is -2.18. The summed E-state index contributed by atoms with van der Waals surface area (Å²) in [5.41, 5.74) is 3.57. The molecule has 2 aromatic rings. The average Bonchev–Trinajstić information content (AvgIpc) is 2.55. The van der Waals surface area contributed by atoms with Crippen LogP contribution in [0.15, 0.2) is 48.5 Å². The average molecular weight is 297 g/mol. The summed E-state index contributed by atoms with van der Waals surface area (Å²) in [4.78, 5) is 13.7. The molecular formula is C19H23NO2. The lowest BCUT2D eigenvalue weighted by atomic mass is 10.0. The second kappa shape index (κ2) is 7.64. The van der Waals surface area contributed by atoms with E-state index < -0.39 is 0 Å². The topological polar surface area (TPSA) is 29.5 Å². The summed E-state index contributed by atoms with van der Waals surface area (Å²) < 4.78 is 5.57. The predicted octanol–water partition coefficient (Wildman–Crippen LogP) is 3.91. The van der Waals surface area contributed by atoms with Crippen molar-refractivity contribution in [2.24, 2.45) is 0 Å². The molecule has 0 fully saturated rings. The molecule has 0 aliphatic heterocycles. The first kappa shape index (κ1) is 16.1. The Morgan fingerprint density at radius 3 is 1.91 bits per heavy atom. The summed E-state index contributed by atoms with van der Waals surface area (Å²) in [6.45, 7) is 7.53. The smallest absolute Gasteiger partial charge is 0.260 e. The number of carbonyl (C=O) groups is 1. The molecule has 2 rings (SSSR count). The molecule has 0 bridgehead atoms. The largest absolute Gasteiger partial charge is 0.484 e. The molecule has 0 radical (unpaired) electrons. The Kier molecular flexibility index (Phi) is 5.59. The minimum atomic E-state index is 0.0209. The van der Waals surface area contributed by atoms with Crippen LogP contribution in [0.25, 0.3) is 11.1 Å². The molecule has 0 aliphatic rings. The summed E-state index contributed by atoms with van der Waals surface area (Å²) in [6, 6.07) is 16.3. The van der Waals surface area contributed by atoms with E-state index in [2.05, 4.69) is 31.2 Å². The first-order valence-corrected chi connectivity index (χ1v) is 7.71. The molecule has 0 atom stereocenters. The number of carbonyl (C=O) groups excluding carboxylic acids is 1. The number of rotatable bonds is 6. The van der Waals surface area contributed by atoms with Crippen LogP contribution in [0.5, 0.6) is 5.75 Å². The van der Waals surface area contributed by atoms with Gasteiger partial charge in [0.25, 0.3) is 5.91 Å². The molecule has 3 heteroatoms. The van der Waals surface area contributed by atoms with Gasteiger partial charge in [0.1, 0.15) is 5.75 Å². The van der Waals surface area contributed by atoms with Crippen LogP contribution in [0, 0.1) is 6.92 Å². The van der Waals surface area contributed by atoms with E-state index in [0.29, 0.717) is 13.1 Å². The molecule has 0 aromatic heterocycles. The summed E-state index contributed by atoms with van der Waals surface area (Å²) in [6.07, 6.45) is 0.